The lowest BCUT2D eigenvalue weighted by molar-refractivity contribution is 0.659. The van der Waals surface area contributed by atoms with Crippen molar-refractivity contribution in [2.24, 2.45) is 11.8 Å². The van der Waals surface area contributed by atoms with Gasteiger partial charge in [-0.1, -0.05) is 13.3 Å². The normalized spacial score (nSPS) is 36.2. The summed E-state index contributed by atoms with van der Waals surface area (Å²) in [5.41, 5.74) is 0. The third-order valence-electron chi connectivity index (χ3n) is 3.59. The number of aromatic nitrogens is 3. The van der Waals surface area contributed by atoms with Crippen LogP contribution < -0.4 is 0 Å². The molecule has 0 bridgehead atoms. The minimum atomic E-state index is 0.713. The molecule has 0 radical (unpaired) electrons. The van der Waals surface area contributed by atoms with E-state index in [9.17, 15) is 0 Å². The largest absolute Gasteiger partial charge is 0.263 e. The molecular formula is C10H15N3. The van der Waals surface area contributed by atoms with Crippen molar-refractivity contribution in [3.63, 3.8) is 0 Å². The fraction of sp³-hybridized carbons (Fsp3) is 0.800. The van der Waals surface area contributed by atoms with E-state index in [1.54, 1.807) is 0 Å². The van der Waals surface area contributed by atoms with Gasteiger partial charge in [-0.15, -0.1) is 0 Å². The predicted octanol–water partition coefficient (Wildman–Crippen LogP) is 1.88. The van der Waals surface area contributed by atoms with Crippen LogP contribution in [-0.2, 0) is 6.42 Å². The Morgan fingerprint density at radius 3 is 2.77 bits per heavy atom. The summed E-state index contributed by atoms with van der Waals surface area (Å²) in [6.45, 7) is 2.11. The maximum atomic E-state index is 4.51. The molecule has 3 nitrogen and oxygen atoms in total. The number of nitrogens with zero attached hydrogens (tertiary/aromatic N) is 2. The molecule has 3 heteroatoms. The van der Waals surface area contributed by atoms with Crippen molar-refractivity contribution in [2.45, 2.75) is 38.5 Å². The number of aromatic amines is 1. The Morgan fingerprint density at radius 2 is 2.15 bits per heavy atom. The zero-order valence-electron chi connectivity index (χ0n) is 7.95. The van der Waals surface area contributed by atoms with Gasteiger partial charge >= 0.3 is 0 Å². The van der Waals surface area contributed by atoms with Gasteiger partial charge in [0, 0.05) is 12.3 Å². The highest BCUT2D eigenvalue weighted by Crippen LogP contribution is 2.62. The van der Waals surface area contributed by atoms with Gasteiger partial charge in [-0.3, -0.25) is 5.10 Å². The molecule has 70 valence electrons. The summed E-state index contributed by atoms with van der Waals surface area (Å²) < 4.78 is 0. The third kappa shape index (κ3) is 1.02. The van der Waals surface area contributed by atoms with Crippen molar-refractivity contribution in [1.29, 1.82) is 0 Å². The van der Waals surface area contributed by atoms with Gasteiger partial charge in [0.15, 0.2) is 5.82 Å². The molecule has 13 heavy (non-hydrogen) atoms. The average molecular weight is 177 g/mol. The first-order valence-electron chi connectivity index (χ1n) is 5.31. The molecule has 2 aliphatic carbocycles. The van der Waals surface area contributed by atoms with E-state index in [1.807, 2.05) is 0 Å². The van der Waals surface area contributed by atoms with Crippen molar-refractivity contribution in [1.82, 2.24) is 15.2 Å². The lowest BCUT2D eigenvalue weighted by atomic mass is 10.1. The summed E-state index contributed by atoms with van der Waals surface area (Å²) in [5.74, 6) is 4.71. The van der Waals surface area contributed by atoms with E-state index >= 15 is 0 Å². The number of nitrogens with one attached hydrogen (secondary N) is 1. The van der Waals surface area contributed by atoms with Crippen LogP contribution in [0.15, 0.2) is 0 Å². The first-order valence-corrected chi connectivity index (χ1v) is 5.31. The molecule has 0 saturated heterocycles. The fourth-order valence-electron chi connectivity index (χ4n) is 2.82. The van der Waals surface area contributed by atoms with Crippen LogP contribution in [0.25, 0.3) is 0 Å². The number of aryl methyl sites for hydroxylation is 1. The van der Waals surface area contributed by atoms with Gasteiger partial charge < -0.3 is 0 Å². The summed E-state index contributed by atoms with van der Waals surface area (Å²) in [5, 5.41) is 7.30. The van der Waals surface area contributed by atoms with E-state index in [2.05, 4.69) is 22.1 Å². The van der Waals surface area contributed by atoms with Crippen LogP contribution in [0.3, 0.4) is 0 Å². The van der Waals surface area contributed by atoms with Crippen LogP contribution in [0.1, 0.15) is 43.8 Å². The minimum Gasteiger partial charge on any atom is -0.263 e. The van der Waals surface area contributed by atoms with Crippen molar-refractivity contribution < 1.29 is 0 Å². The van der Waals surface area contributed by atoms with E-state index < -0.39 is 0 Å². The standard InChI is InChI=1S/C10H15N3/c1-2-8-11-10(13-12-8)9-6-4-3-5-7(6)9/h6-7,9H,2-5H2,1H3,(H,11,12,13). The highest BCUT2D eigenvalue weighted by atomic mass is 15.2. The number of hydrogen-bond acceptors (Lipinski definition) is 2. The van der Waals surface area contributed by atoms with E-state index in [4.69, 9.17) is 0 Å². The highest BCUT2D eigenvalue weighted by Gasteiger charge is 2.55. The van der Waals surface area contributed by atoms with Crippen LogP contribution in [0.5, 0.6) is 0 Å². The number of rotatable bonds is 2. The quantitative estimate of drug-likeness (QED) is 0.749. The van der Waals surface area contributed by atoms with Gasteiger partial charge in [0.25, 0.3) is 0 Å². The third-order valence-corrected chi connectivity index (χ3v) is 3.59. The average Bonchev–Trinajstić information content (AvgIpc) is 2.65. The van der Waals surface area contributed by atoms with Crippen LogP contribution >= 0.6 is 0 Å². The highest BCUT2D eigenvalue weighted by molar-refractivity contribution is 5.17. The van der Waals surface area contributed by atoms with Crippen LogP contribution in [0.2, 0.25) is 0 Å². The molecular weight excluding hydrogens is 162 g/mol. The molecule has 0 aromatic carbocycles. The maximum Gasteiger partial charge on any atom is 0.154 e. The van der Waals surface area contributed by atoms with Gasteiger partial charge in [0.2, 0.25) is 0 Å². The molecule has 1 heterocycles. The van der Waals surface area contributed by atoms with Gasteiger partial charge in [-0.25, -0.2) is 4.98 Å². The topological polar surface area (TPSA) is 41.6 Å². The van der Waals surface area contributed by atoms with Crippen molar-refractivity contribution >= 4 is 0 Å². The second-order valence-corrected chi connectivity index (χ2v) is 4.28. The molecule has 2 atom stereocenters. The zero-order chi connectivity index (χ0) is 8.84. The Balaban J connectivity index is 1.79. The first-order chi connectivity index (χ1) is 6.40. The van der Waals surface area contributed by atoms with E-state index in [0.29, 0.717) is 5.92 Å². The molecule has 2 saturated carbocycles. The SMILES string of the molecule is CCc1nc(C2C3CCCC32)n[nH]1. The van der Waals surface area contributed by atoms with Crippen LogP contribution in [0, 0.1) is 11.8 Å². The van der Waals surface area contributed by atoms with Crippen LogP contribution in [-0.4, -0.2) is 15.2 Å². The Labute approximate surface area is 78.0 Å². The summed E-state index contributed by atoms with van der Waals surface area (Å²) in [6, 6.07) is 0. The summed E-state index contributed by atoms with van der Waals surface area (Å²) in [4.78, 5) is 4.51. The molecule has 1 N–H and O–H groups in total. The molecule has 1 aromatic heterocycles. The molecule has 3 rings (SSSR count). The minimum absolute atomic E-state index is 0.713. The molecule has 1 aromatic rings. The number of H-pyrrole nitrogens is 1. The van der Waals surface area contributed by atoms with Gasteiger partial charge in [-0.2, -0.15) is 5.10 Å². The van der Waals surface area contributed by atoms with E-state index in [1.165, 1.54) is 19.3 Å². The molecule has 0 aliphatic heterocycles. The monoisotopic (exact) mass is 177 g/mol. The Hall–Kier alpha value is -0.860. The maximum absolute atomic E-state index is 4.51. The van der Waals surface area contributed by atoms with Gasteiger partial charge in [-0.05, 0) is 24.7 Å². The summed E-state index contributed by atoms with van der Waals surface area (Å²) >= 11 is 0. The number of fused-ring (bicyclic) bond motifs is 1. The van der Waals surface area contributed by atoms with E-state index in [-0.39, 0.29) is 0 Å². The molecule has 2 unspecified atom stereocenters. The molecule has 0 spiro atoms. The predicted molar refractivity (Wildman–Crippen MR) is 49.3 cm³/mol. The first kappa shape index (κ1) is 7.54. The second kappa shape index (κ2) is 2.56. The van der Waals surface area contributed by atoms with Crippen LogP contribution in [0.4, 0.5) is 0 Å². The summed E-state index contributed by atoms with van der Waals surface area (Å²) in [7, 11) is 0. The Kier molecular flexibility index (Phi) is 1.49. The Bertz CT molecular complexity index is 308. The van der Waals surface area contributed by atoms with Crippen molar-refractivity contribution in [3.8, 4) is 0 Å². The lowest BCUT2D eigenvalue weighted by Gasteiger charge is -1.95. The van der Waals surface area contributed by atoms with Gasteiger partial charge in [0.05, 0.1) is 0 Å². The molecule has 2 fully saturated rings. The molecule has 0 amide bonds. The van der Waals surface area contributed by atoms with Crippen molar-refractivity contribution in [3.05, 3.63) is 11.6 Å². The smallest absolute Gasteiger partial charge is 0.154 e. The zero-order valence-corrected chi connectivity index (χ0v) is 7.95. The second-order valence-electron chi connectivity index (χ2n) is 4.28. The van der Waals surface area contributed by atoms with Crippen molar-refractivity contribution in [2.75, 3.05) is 0 Å². The summed E-state index contributed by atoms with van der Waals surface area (Å²) in [6.07, 6.45) is 5.21. The van der Waals surface area contributed by atoms with Gasteiger partial charge in [0.1, 0.15) is 5.82 Å². The molecule has 2 aliphatic rings. The fourth-order valence-corrected chi connectivity index (χ4v) is 2.82. The number of hydrogen-bond donors (Lipinski definition) is 1. The lowest BCUT2D eigenvalue weighted by Crippen LogP contribution is -1.90. The Morgan fingerprint density at radius 1 is 1.38 bits per heavy atom. The van der Waals surface area contributed by atoms with E-state index in [0.717, 1.165) is 29.9 Å².